The number of carboxylic acids is 1. The van der Waals surface area contributed by atoms with Crippen LogP contribution in [0.25, 0.3) is 0 Å². The summed E-state index contributed by atoms with van der Waals surface area (Å²) in [4.78, 5) is 37.2. The van der Waals surface area contributed by atoms with Crippen molar-refractivity contribution in [3.63, 3.8) is 0 Å². The van der Waals surface area contributed by atoms with Crippen molar-refractivity contribution in [2.45, 2.75) is 51.5 Å². The first-order valence-electron chi connectivity index (χ1n) is 7.74. The largest absolute Gasteiger partial charge is 0.481 e. The number of carbonyl (C=O) groups excluding carboxylic acids is 2. The number of aliphatic carboxylic acids is 1. The molecule has 1 saturated carbocycles. The Kier molecular flexibility index (Phi) is 4.85. The highest BCUT2D eigenvalue weighted by molar-refractivity contribution is 5.86. The molecule has 1 aliphatic carbocycles. The van der Waals surface area contributed by atoms with E-state index in [-0.39, 0.29) is 23.8 Å². The van der Waals surface area contributed by atoms with E-state index in [1.807, 2.05) is 6.92 Å². The van der Waals surface area contributed by atoms with Crippen LogP contribution in [0.15, 0.2) is 0 Å². The van der Waals surface area contributed by atoms with E-state index < -0.39 is 17.8 Å². The summed E-state index contributed by atoms with van der Waals surface area (Å²) < 4.78 is 0. The van der Waals surface area contributed by atoms with Crippen LogP contribution in [0.3, 0.4) is 0 Å². The molecule has 6 nitrogen and oxygen atoms in total. The molecule has 118 valence electrons. The average molecular weight is 296 g/mol. The van der Waals surface area contributed by atoms with E-state index in [0.717, 1.165) is 19.3 Å². The van der Waals surface area contributed by atoms with Gasteiger partial charge in [0.15, 0.2) is 0 Å². The van der Waals surface area contributed by atoms with Crippen molar-refractivity contribution in [1.82, 2.24) is 4.90 Å². The zero-order chi connectivity index (χ0) is 15.6. The van der Waals surface area contributed by atoms with Crippen molar-refractivity contribution in [2.24, 2.45) is 23.5 Å². The van der Waals surface area contributed by atoms with Crippen LogP contribution in [0.1, 0.15) is 45.4 Å². The van der Waals surface area contributed by atoms with Gasteiger partial charge in [-0.1, -0.05) is 12.8 Å². The molecule has 2 fully saturated rings. The van der Waals surface area contributed by atoms with Crippen molar-refractivity contribution < 1.29 is 19.5 Å². The summed E-state index contributed by atoms with van der Waals surface area (Å²) in [5.41, 5.74) is 5.36. The highest BCUT2D eigenvalue weighted by Gasteiger charge is 2.41. The van der Waals surface area contributed by atoms with Crippen LogP contribution in [-0.2, 0) is 14.4 Å². The predicted molar refractivity (Wildman–Crippen MR) is 76.2 cm³/mol. The number of piperidine rings is 1. The first-order valence-corrected chi connectivity index (χ1v) is 7.74. The maximum atomic E-state index is 12.8. The van der Waals surface area contributed by atoms with Crippen molar-refractivity contribution in [3.8, 4) is 0 Å². The molecule has 2 rings (SSSR count). The summed E-state index contributed by atoms with van der Waals surface area (Å²) in [6, 6.07) is 0.0458. The van der Waals surface area contributed by atoms with Gasteiger partial charge in [-0.15, -0.1) is 0 Å². The molecule has 1 aliphatic heterocycles. The first kappa shape index (κ1) is 15.8. The molecular weight excluding hydrogens is 272 g/mol. The monoisotopic (exact) mass is 296 g/mol. The average Bonchev–Trinajstić information content (AvgIpc) is 2.46. The summed E-state index contributed by atoms with van der Waals surface area (Å²) in [5, 5.41) is 9.32. The second-order valence-corrected chi connectivity index (χ2v) is 6.35. The Morgan fingerprint density at radius 3 is 2.24 bits per heavy atom. The van der Waals surface area contributed by atoms with Gasteiger partial charge in [0.05, 0.1) is 17.8 Å². The normalized spacial score (nSPS) is 33.5. The Morgan fingerprint density at radius 1 is 1.05 bits per heavy atom. The molecule has 1 saturated heterocycles. The molecule has 0 bridgehead atoms. The molecule has 0 radical (unpaired) electrons. The molecule has 3 N–H and O–H groups in total. The lowest BCUT2D eigenvalue weighted by Crippen LogP contribution is -2.52. The Balaban J connectivity index is 2.12. The van der Waals surface area contributed by atoms with E-state index in [1.54, 1.807) is 4.90 Å². The topological polar surface area (TPSA) is 101 Å². The van der Waals surface area contributed by atoms with Gasteiger partial charge in [-0.2, -0.15) is 0 Å². The third-order valence-corrected chi connectivity index (χ3v) is 4.97. The van der Waals surface area contributed by atoms with E-state index in [9.17, 15) is 19.5 Å². The van der Waals surface area contributed by atoms with Gasteiger partial charge < -0.3 is 15.7 Å². The Hall–Kier alpha value is -1.59. The van der Waals surface area contributed by atoms with Gasteiger partial charge in [-0.25, -0.2) is 0 Å². The maximum absolute atomic E-state index is 12.8. The zero-order valence-corrected chi connectivity index (χ0v) is 12.5. The summed E-state index contributed by atoms with van der Waals surface area (Å²) in [7, 11) is 0. The molecular formula is C15H24N2O4. The second kappa shape index (κ2) is 6.45. The number of primary amides is 1. The second-order valence-electron chi connectivity index (χ2n) is 6.35. The minimum atomic E-state index is -0.885. The zero-order valence-electron chi connectivity index (χ0n) is 12.5. The van der Waals surface area contributed by atoms with Crippen LogP contribution < -0.4 is 5.73 Å². The van der Waals surface area contributed by atoms with Crippen LogP contribution in [0.2, 0.25) is 0 Å². The standard InChI is InChI=1S/C15H24N2O4/c1-9-6-7-10(13(16)18)8-17(9)14(19)11-4-2-3-5-12(11)15(20)21/h9-12H,2-8H2,1H3,(H2,16,18)(H,20,21). The van der Waals surface area contributed by atoms with Crippen LogP contribution in [0, 0.1) is 17.8 Å². The van der Waals surface area contributed by atoms with Crippen LogP contribution in [0.4, 0.5) is 0 Å². The number of carbonyl (C=O) groups is 3. The molecule has 0 spiro atoms. The van der Waals surface area contributed by atoms with Crippen LogP contribution in [-0.4, -0.2) is 40.4 Å². The van der Waals surface area contributed by atoms with Crippen molar-refractivity contribution in [1.29, 1.82) is 0 Å². The molecule has 0 aromatic heterocycles. The van der Waals surface area contributed by atoms with Crippen LogP contribution >= 0.6 is 0 Å². The predicted octanol–water partition coefficient (Wildman–Crippen LogP) is 0.990. The molecule has 2 aliphatic rings. The van der Waals surface area contributed by atoms with E-state index >= 15 is 0 Å². The molecule has 0 aromatic rings. The van der Waals surface area contributed by atoms with Gasteiger partial charge in [0.25, 0.3) is 0 Å². The lowest BCUT2D eigenvalue weighted by atomic mass is 9.77. The molecule has 4 unspecified atom stereocenters. The van der Waals surface area contributed by atoms with Gasteiger partial charge >= 0.3 is 5.97 Å². The molecule has 21 heavy (non-hydrogen) atoms. The van der Waals surface area contributed by atoms with E-state index in [4.69, 9.17) is 5.73 Å². The number of nitrogens with two attached hydrogens (primary N) is 1. The third-order valence-electron chi connectivity index (χ3n) is 4.97. The summed E-state index contributed by atoms with van der Waals surface area (Å²) in [5.74, 6) is -2.72. The highest BCUT2D eigenvalue weighted by Crippen LogP contribution is 2.34. The number of nitrogens with zero attached hydrogens (tertiary/aromatic N) is 1. The quantitative estimate of drug-likeness (QED) is 0.811. The van der Waals surface area contributed by atoms with E-state index in [0.29, 0.717) is 25.8 Å². The fourth-order valence-corrected chi connectivity index (χ4v) is 3.58. The van der Waals surface area contributed by atoms with Gasteiger partial charge in [-0.3, -0.25) is 14.4 Å². The highest BCUT2D eigenvalue weighted by atomic mass is 16.4. The van der Waals surface area contributed by atoms with Gasteiger partial charge in [0.2, 0.25) is 11.8 Å². The smallest absolute Gasteiger partial charge is 0.307 e. The molecule has 1 heterocycles. The Bertz CT molecular complexity index is 437. The van der Waals surface area contributed by atoms with Crippen LogP contribution in [0.5, 0.6) is 0 Å². The Morgan fingerprint density at radius 2 is 1.67 bits per heavy atom. The Labute approximate surface area is 124 Å². The number of carboxylic acid groups (broad SMARTS) is 1. The van der Waals surface area contributed by atoms with E-state index in [2.05, 4.69) is 0 Å². The fourth-order valence-electron chi connectivity index (χ4n) is 3.58. The van der Waals surface area contributed by atoms with Gasteiger partial charge in [-0.05, 0) is 32.6 Å². The minimum absolute atomic E-state index is 0.0458. The van der Waals surface area contributed by atoms with Crippen molar-refractivity contribution in [2.75, 3.05) is 6.54 Å². The lowest BCUT2D eigenvalue weighted by molar-refractivity contribution is -0.154. The van der Waals surface area contributed by atoms with Gasteiger partial charge in [0, 0.05) is 12.6 Å². The molecule has 0 aromatic carbocycles. The summed E-state index contributed by atoms with van der Waals surface area (Å²) >= 11 is 0. The SMILES string of the molecule is CC1CCC(C(N)=O)CN1C(=O)C1CCCCC1C(=O)O. The molecule has 2 amide bonds. The maximum Gasteiger partial charge on any atom is 0.307 e. The number of hydrogen-bond acceptors (Lipinski definition) is 3. The summed E-state index contributed by atoms with van der Waals surface area (Å²) in [6.07, 6.45) is 4.38. The van der Waals surface area contributed by atoms with Crippen molar-refractivity contribution in [3.05, 3.63) is 0 Å². The molecule has 4 atom stereocenters. The van der Waals surface area contributed by atoms with E-state index in [1.165, 1.54) is 0 Å². The lowest BCUT2D eigenvalue weighted by Gasteiger charge is -2.40. The molecule has 6 heteroatoms. The number of likely N-dealkylation sites (tertiary alicyclic amines) is 1. The summed E-state index contributed by atoms with van der Waals surface area (Å²) in [6.45, 7) is 2.28. The number of rotatable bonds is 3. The number of hydrogen-bond donors (Lipinski definition) is 2. The number of amides is 2. The van der Waals surface area contributed by atoms with Crippen molar-refractivity contribution >= 4 is 17.8 Å². The third kappa shape index (κ3) is 3.36. The minimum Gasteiger partial charge on any atom is -0.481 e. The van der Waals surface area contributed by atoms with Gasteiger partial charge in [0.1, 0.15) is 0 Å². The fraction of sp³-hybridized carbons (Fsp3) is 0.800. The first-order chi connectivity index (χ1) is 9.91.